The quantitative estimate of drug-likeness (QED) is 0.436. The van der Waals surface area contributed by atoms with Gasteiger partial charge < -0.3 is 10.6 Å². The van der Waals surface area contributed by atoms with Gasteiger partial charge in [0.05, 0.1) is 6.54 Å². The maximum Gasteiger partial charge on any atom is 0.191 e. The lowest BCUT2D eigenvalue weighted by atomic mass is 9.85. The van der Waals surface area contributed by atoms with Gasteiger partial charge in [0.1, 0.15) is 6.33 Å². The van der Waals surface area contributed by atoms with Gasteiger partial charge in [-0.15, -0.1) is 0 Å². The van der Waals surface area contributed by atoms with Crippen LogP contribution in [0.25, 0.3) is 11.4 Å². The lowest BCUT2D eigenvalue weighted by molar-refractivity contribution is 0.508. The Morgan fingerprint density at radius 1 is 1.07 bits per heavy atom. The summed E-state index contributed by atoms with van der Waals surface area (Å²) in [5.41, 5.74) is 3.43. The molecule has 0 unspecified atom stereocenters. The van der Waals surface area contributed by atoms with Crippen molar-refractivity contribution in [2.75, 3.05) is 13.1 Å². The minimum Gasteiger partial charge on any atom is -0.357 e. The van der Waals surface area contributed by atoms with Gasteiger partial charge in [0.15, 0.2) is 11.8 Å². The molecule has 0 saturated carbocycles. The van der Waals surface area contributed by atoms with Crippen molar-refractivity contribution in [2.45, 2.75) is 32.7 Å². The first-order valence-electron chi connectivity index (χ1n) is 9.61. The molecule has 0 amide bonds. The Bertz CT molecular complexity index is 884. The van der Waals surface area contributed by atoms with Crippen molar-refractivity contribution < 1.29 is 0 Å². The third-order valence-corrected chi connectivity index (χ3v) is 4.63. The van der Waals surface area contributed by atoms with Crippen LogP contribution in [0.3, 0.4) is 0 Å². The monoisotopic (exact) mass is 376 g/mol. The van der Waals surface area contributed by atoms with Crippen molar-refractivity contribution in [1.29, 1.82) is 0 Å². The summed E-state index contributed by atoms with van der Waals surface area (Å²) in [6.07, 6.45) is 1.52. The fraction of sp³-hybridized carbons (Fsp3) is 0.318. The van der Waals surface area contributed by atoms with E-state index in [4.69, 9.17) is 4.99 Å². The molecule has 1 aromatic heterocycles. The molecule has 0 radical (unpaired) electrons. The number of nitrogens with zero attached hydrogens (tertiary/aromatic N) is 3. The first kappa shape index (κ1) is 19.6. The van der Waals surface area contributed by atoms with Crippen LogP contribution in [0.5, 0.6) is 0 Å². The lowest BCUT2D eigenvalue weighted by Crippen LogP contribution is -2.43. The molecule has 0 bridgehead atoms. The Balaban J connectivity index is 1.67. The number of guanidine groups is 1. The molecule has 0 atom stereocenters. The number of benzene rings is 2. The highest BCUT2D eigenvalue weighted by Crippen LogP contribution is 2.21. The van der Waals surface area contributed by atoms with Gasteiger partial charge in [0.25, 0.3) is 0 Å². The minimum absolute atomic E-state index is 0.00363. The molecule has 0 saturated heterocycles. The average molecular weight is 377 g/mol. The molecule has 2 aromatic carbocycles. The van der Waals surface area contributed by atoms with Crippen molar-refractivity contribution in [3.63, 3.8) is 0 Å². The Morgan fingerprint density at radius 2 is 1.89 bits per heavy atom. The first-order valence-corrected chi connectivity index (χ1v) is 9.61. The molecule has 146 valence electrons. The van der Waals surface area contributed by atoms with E-state index in [0.717, 1.165) is 36.0 Å². The van der Waals surface area contributed by atoms with Gasteiger partial charge in [-0.05, 0) is 24.1 Å². The molecule has 0 spiro atoms. The molecule has 0 aliphatic rings. The highest BCUT2D eigenvalue weighted by Gasteiger charge is 2.20. The number of H-pyrrole nitrogens is 1. The average Bonchev–Trinajstić information content (AvgIpc) is 3.26. The van der Waals surface area contributed by atoms with Crippen molar-refractivity contribution in [1.82, 2.24) is 25.8 Å². The molecule has 3 rings (SSSR count). The number of hydrogen-bond donors (Lipinski definition) is 3. The second kappa shape index (κ2) is 9.17. The zero-order valence-electron chi connectivity index (χ0n) is 16.7. The number of hydrogen-bond acceptors (Lipinski definition) is 3. The fourth-order valence-corrected chi connectivity index (χ4v) is 2.97. The zero-order valence-corrected chi connectivity index (χ0v) is 16.7. The van der Waals surface area contributed by atoms with E-state index in [1.807, 2.05) is 18.2 Å². The van der Waals surface area contributed by atoms with Crippen molar-refractivity contribution >= 4 is 5.96 Å². The molecule has 6 heteroatoms. The molecule has 3 N–H and O–H groups in total. The van der Waals surface area contributed by atoms with E-state index < -0.39 is 0 Å². The summed E-state index contributed by atoms with van der Waals surface area (Å²) in [6, 6.07) is 18.7. The van der Waals surface area contributed by atoms with Crippen LogP contribution in [-0.4, -0.2) is 34.2 Å². The summed E-state index contributed by atoms with van der Waals surface area (Å²) in [5.74, 6) is 1.58. The third kappa shape index (κ3) is 5.19. The van der Waals surface area contributed by atoms with Crippen molar-refractivity contribution in [3.05, 3.63) is 72.1 Å². The molecule has 3 aromatic rings. The molecule has 1 heterocycles. The van der Waals surface area contributed by atoms with Crippen LogP contribution in [-0.2, 0) is 12.0 Å². The van der Waals surface area contributed by atoms with Crippen LogP contribution >= 0.6 is 0 Å². The smallest absolute Gasteiger partial charge is 0.191 e. The van der Waals surface area contributed by atoms with Crippen LogP contribution < -0.4 is 10.6 Å². The van der Waals surface area contributed by atoms with Gasteiger partial charge in [-0.25, -0.2) is 9.98 Å². The van der Waals surface area contributed by atoms with Crippen molar-refractivity contribution in [2.24, 2.45) is 4.99 Å². The Morgan fingerprint density at radius 3 is 2.61 bits per heavy atom. The number of aromatic nitrogens is 3. The summed E-state index contributed by atoms with van der Waals surface area (Å²) in [6.45, 7) is 8.74. The van der Waals surface area contributed by atoms with Gasteiger partial charge in [-0.2, -0.15) is 5.10 Å². The molecular formula is C22H28N6. The van der Waals surface area contributed by atoms with E-state index >= 15 is 0 Å². The Hall–Kier alpha value is -3.15. The van der Waals surface area contributed by atoms with E-state index in [0.29, 0.717) is 6.54 Å². The van der Waals surface area contributed by atoms with Gasteiger partial charge >= 0.3 is 0 Å². The SMILES string of the molecule is CCNC(=NCc1cccc(-c2ncn[nH]2)c1)NCC(C)(C)c1ccccc1. The molecule has 0 aliphatic heterocycles. The molecule has 6 nitrogen and oxygen atoms in total. The molecule has 28 heavy (non-hydrogen) atoms. The molecule has 0 aliphatic carbocycles. The van der Waals surface area contributed by atoms with Crippen LogP contribution in [0.2, 0.25) is 0 Å². The Kier molecular flexibility index (Phi) is 6.42. The van der Waals surface area contributed by atoms with Crippen LogP contribution in [0, 0.1) is 0 Å². The van der Waals surface area contributed by atoms with E-state index in [-0.39, 0.29) is 5.41 Å². The highest BCUT2D eigenvalue weighted by molar-refractivity contribution is 5.79. The number of nitrogens with one attached hydrogen (secondary N) is 3. The maximum atomic E-state index is 4.75. The summed E-state index contributed by atoms with van der Waals surface area (Å²) >= 11 is 0. The zero-order chi connectivity index (χ0) is 19.8. The molecular weight excluding hydrogens is 348 g/mol. The Labute approximate surface area is 166 Å². The topological polar surface area (TPSA) is 78.0 Å². The lowest BCUT2D eigenvalue weighted by Gasteiger charge is -2.26. The van der Waals surface area contributed by atoms with Gasteiger partial charge in [-0.3, -0.25) is 5.10 Å². The van der Waals surface area contributed by atoms with Gasteiger partial charge in [-0.1, -0.05) is 62.4 Å². The van der Waals surface area contributed by atoms with Crippen molar-refractivity contribution in [3.8, 4) is 11.4 Å². The molecule has 0 fully saturated rings. The summed E-state index contributed by atoms with van der Waals surface area (Å²) in [5, 5.41) is 13.6. The van der Waals surface area contributed by atoms with Crippen LogP contribution in [0.15, 0.2) is 65.9 Å². The summed E-state index contributed by atoms with van der Waals surface area (Å²) in [7, 11) is 0. The standard InChI is InChI=1S/C22H28N6/c1-4-23-21(25-15-22(2,3)19-11-6-5-7-12-19)24-14-17-9-8-10-18(13-17)20-26-16-27-28-20/h5-13,16H,4,14-15H2,1-3H3,(H2,23,24,25)(H,26,27,28). The number of aromatic amines is 1. The second-order valence-electron chi connectivity index (χ2n) is 7.33. The second-order valence-corrected chi connectivity index (χ2v) is 7.33. The summed E-state index contributed by atoms with van der Waals surface area (Å²) < 4.78 is 0. The van der Waals surface area contributed by atoms with Gasteiger partial charge in [0, 0.05) is 24.1 Å². The van der Waals surface area contributed by atoms with E-state index in [1.54, 1.807) is 0 Å². The van der Waals surface area contributed by atoms with Crippen LogP contribution in [0.1, 0.15) is 31.9 Å². The fourth-order valence-electron chi connectivity index (χ4n) is 2.97. The third-order valence-electron chi connectivity index (χ3n) is 4.63. The predicted octanol–water partition coefficient (Wildman–Crippen LogP) is 3.50. The summed E-state index contributed by atoms with van der Waals surface area (Å²) in [4.78, 5) is 8.96. The predicted molar refractivity (Wildman–Crippen MR) is 114 cm³/mol. The van der Waals surface area contributed by atoms with Gasteiger partial charge in [0.2, 0.25) is 0 Å². The normalized spacial score (nSPS) is 12.0. The maximum absolute atomic E-state index is 4.75. The highest BCUT2D eigenvalue weighted by atomic mass is 15.2. The minimum atomic E-state index is 0.00363. The number of rotatable bonds is 7. The van der Waals surface area contributed by atoms with Crippen LogP contribution in [0.4, 0.5) is 0 Å². The largest absolute Gasteiger partial charge is 0.357 e. The number of aliphatic imine (C=N–C) groups is 1. The van der Waals surface area contributed by atoms with E-state index in [1.165, 1.54) is 11.9 Å². The van der Waals surface area contributed by atoms with E-state index in [9.17, 15) is 0 Å². The first-order chi connectivity index (χ1) is 13.6. The van der Waals surface area contributed by atoms with E-state index in [2.05, 4.69) is 83.0 Å².